The fourth-order valence-corrected chi connectivity index (χ4v) is 4.86. The topological polar surface area (TPSA) is 98.0 Å². The molecular formula is C31H22N4O3S. The molecule has 0 spiro atoms. The number of ether oxygens (including phenoxy) is 1. The molecule has 0 atom stereocenters. The van der Waals surface area contributed by atoms with Crippen molar-refractivity contribution in [2.45, 2.75) is 24.2 Å². The van der Waals surface area contributed by atoms with E-state index in [0.29, 0.717) is 40.5 Å². The third-order valence-corrected chi connectivity index (χ3v) is 6.99. The summed E-state index contributed by atoms with van der Waals surface area (Å²) in [6, 6.07) is 33.6. The van der Waals surface area contributed by atoms with Crippen LogP contribution in [0.3, 0.4) is 0 Å². The number of aromatic nitrogens is 3. The van der Waals surface area contributed by atoms with Crippen LogP contribution in [0.25, 0.3) is 33.7 Å². The molecule has 0 bridgehead atoms. The van der Waals surface area contributed by atoms with Crippen molar-refractivity contribution in [3.05, 3.63) is 120 Å². The molecule has 0 N–H and O–H groups in total. The lowest BCUT2D eigenvalue weighted by atomic mass is 10.00. The molecule has 39 heavy (non-hydrogen) atoms. The highest BCUT2D eigenvalue weighted by molar-refractivity contribution is 7.98. The summed E-state index contributed by atoms with van der Waals surface area (Å²) in [5.41, 5.74) is 6.95. The summed E-state index contributed by atoms with van der Waals surface area (Å²) in [4.78, 5) is 4.50. The number of fused-ring (bicyclic) bond motifs is 1. The monoisotopic (exact) mass is 530 g/mol. The summed E-state index contributed by atoms with van der Waals surface area (Å²) < 4.78 is 17.5. The van der Waals surface area contributed by atoms with Gasteiger partial charge < -0.3 is 13.6 Å². The number of hydrogen-bond donors (Lipinski definition) is 0. The van der Waals surface area contributed by atoms with Gasteiger partial charge in [-0.25, -0.2) is 4.98 Å². The Morgan fingerprint density at radius 1 is 0.769 bits per heavy atom. The van der Waals surface area contributed by atoms with Crippen LogP contribution in [-0.2, 0) is 23.7 Å². The summed E-state index contributed by atoms with van der Waals surface area (Å²) in [6.45, 7) is 0.776. The van der Waals surface area contributed by atoms with Gasteiger partial charge in [0.05, 0.1) is 18.2 Å². The molecule has 4 aromatic carbocycles. The minimum atomic E-state index is 0.284. The number of rotatable bonds is 9. The molecule has 0 amide bonds. The van der Waals surface area contributed by atoms with E-state index >= 15 is 0 Å². The van der Waals surface area contributed by atoms with Gasteiger partial charge in [0.1, 0.15) is 12.1 Å². The van der Waals surface area contributed by atoms with Gasteiger partial charge in [-0.2, -0.15) is 5.26 Å². The highest BCUT2D eigenvalue weighted by Crippen LogP contribution is 2.29. The van der Waals surface area contributed by atoms with E-state index in [1.807, 2.05) is 97.1 Å². The molecule has 2 heterocycles. The molecule has 190 valence electrons. The van der Waals surface area contributed by atoms with Gasteiger partial charge in [0, 0.05) is 11.3 Å². The van der Waals surface area contributed by atoms with Gasteiger partial charge in [0.2, 0.25) is 11.8 Å². The maximum absolute atomic E-state index is 9.36. The van der Waals surface area contributed by atoms with Gasteiger partial charge in [0.25, 0.3) is 5.22 Å². The quantitative estimate of drug-likeness (QED) is 0.178. The van der Waals surface area contributed by atoms with Crippen LogP contribution in [0.1, 0.15) is 22.6 Å². The predicted octanol–water partition coefficient (Wildman–Crippen LogP) is 7.43. The maximum Gasteiger partial charge on any atom is 0.277 e. The molecule has 0 aliphatic carbocycles. The molecule has 0 saturated heterocycles. The molecule has 0 aliphatic heterocycles. The van der Waals surface area contributed by atoms with Crippen LogP contribution in [0.2, 0.25) is 0 Å². The van der Waals surface area contributed by atoms with Crippen molar-refractivity contribution < 1.29 is 13.6 Å². The summed E-state index contributed by atoms with van der Waals surface area (Å²) in [5.74, 6) is 1.61. The smallest absolute Gasteiger partial charge is 0.277 e. The molecule has 7 nitrogen and oxygen atoms in total. The second-order valence-corrected chi connectivity index (χ2v) is 9.71. The molecule has 6 rings (SSSR count). The number of thioether (sulfide) groups is 1. The first kappa shape index (κ1) is 24.6. The zero-order chi connectivity index (χ0) is 26.4. The Morgan fingerprint density at radius 3 is 2.41 bits per heavy atom. The predicted molar refractivity (Wildman–Crippen MR) is 148 cm³/mol. The molecule has 2 aromatic heterocycles. The lowest BCUT2D eigenvalue weighted by Gasteiger charge is -2.05. The first-order valence-electron chi connectivity index (χ1n) is 12.3. The lowest BCUT2D eigenvalue weighted by molar-refractivity contribution is 0.0907. The zero-order valence-corrected chi connectivity index (χ0v) is 21.6. The van der Waals surface area contributed by atoms with Gasteiger partial charge in [-0.15, -0.1) is 10.2 Å². The van der Waals surface area contributed by atoms with E-state index in [2.05, 4.69) is 21.3 Å². The van der Waals surface area contributed by atoms with Crippen LogP contribution < -0.4 is 0 Å². The number of benzene rings is 4. The first-order chi connectivity index (χ1) is 19.2. The van der Waals surface area contributed by atoms with E-state index < -0.39 is 0 Å². The number of nitriles is 1. The van der Waals surface area contributed by atoms with Gasteiger partial charge in [-0.3, -0.25) is 0 Å². The Morgan fingerprint density at radius 2 is 1.56 bits per heavy atom. The average Bonchev–Trinajstić information content (AvgIpc) is 3.63. The van der Waals surface area contributed by atoms with Crippen LogP contribution >= 0.6 is 11.8 Å². The third-order valence-electron chi connectivity index (χ3n) is 6.10. The fraction of sp³-hybridized carbons (Fsp3) is 0.0968. The zero-order valence-electron chi connectivity index (χ0n) is 20.8. The Hall–Kier alpha value is -4.71. The van der Waals surface area contributed by atoms with Gasteiger partial charge >= 0.3 is 0 Å². The van der Waals surface area contributed by atoms with Crippen LogP contribution in [-0.4, -0.2) is 15.2 Å². The van der Waals surface area contributed by atoms with E-state index in [9.17, 15) is 5.26 Å². The summed E-state index contributed by atoms with van der Waals surface area (Å²) in [6.07, 6.45) is 0. The second-order valence-electron chi connectivity index (χ2n) is 8.78. The van der Waals surface area contributed by atoms with Crippen LogP contribution in [0, 0.1) is 11.3 Å². The van der Waals surface area contributed by atoms with Crippen molar-refractivity contribution in [3.63, 3.8) is 0 Å². The molecule has 6 aromatic rings. The highest BCUT2D eigenvalue weighted by Gasteiger charge is 2.13. The molecule has 0 fully saturated rings. The normalized spacial score (nSPS) is 11.1. The Labute approximate surface area is 229 Å². The van der Waals surface area contributed by atoms with Crippen molar-refractivity contribution in [2.75, 3.05) is 0 Å². The minimum Gasteiger partial charge on any atom is -0.438 e. The SMILES string of the molecule is N#Cc1ccccc1-c1ccc(CSc2nnc(-c3ccc4nc(COCc5ccccc5)oc4c3)o2)cc1. The summed E-state index contributed by atoms with van der Waals surface area (Å²) in [5, 5.41) is 18.2. The van der Waals surface area contributed by atoms with Gasteiger partial charge in [-0.1, -0.05) is 84.6 Å². The second kappa shape index (κ2) is 11.4. The van der Waals surface area contributed by atoms with Crippen molar-refractivity contribution in [2.24, 2.45) is 0 Å². The van der Waals surface area contributed by atoms with Gasteiger partial charge in [-0.05, 0) is 46.5 Å². The largest absolute Gasteiger partial charge is 0.438 e. The van der Waals surface area contributed by atoms with E-state index in [-0.39, 0.29) is 6.61 Å². The van der Waals surface area contributed by atoms with Crippen molar-refractivity contribution >= 4 is 22.9 Å². The van der Waals surface area contributed by atoms with E-state index in [1.165, 1.54) is 11.8 Å². The fourth-order valence-electron chi connectivity index (χ4n) is 4.14. The first-order valence-corrected chi connectivity index (χ1v) is 13.3. The van der Waals surface area contributed by atoms with E-state index in [0.717, 1.165) is 33.3 Å². The Kier molecular flexibility index (Phi) is 7.17. The lowest BCUT2D eigenvalue weighted by Crippen LogP contribution is -1.93. The summed E-state index contributed by atoms with van der Waals surface area (Å²) in [7, 11) is 0. The number of oxazole rings is 1. The average molecular weight is 531 g/mol. The van der Waals surface area contributed by atoms with Crippen LogP contribution in [0.5, 0.6) is 0 Å². The van der Waals surface area contributed by atoms with Crippen LogP contribution in [0.4, 0.5) is 0 Å². The maximum atomic E-state index is 9.36. The van der Waals surface area contributed by atoms with E-state index in [4.69, 9.17) is 13.6 Å². The summed E-state index contributed by atoms with van der Waals surface area (Å²) >= 11 is 1.47. The highest BCUT2D eigenvalue weighted by atomic mass is 32.2. The molecule has 8 heteroatoms. The molecule has 0 unspecified atom stereocenters. The molecule has 0 aliphatic rings. The number of nitrogens with zero attached hydrogens (tertiary/aromatic N) is 4. The number of hydrogen-bond acceptors (Lipinski definition) is 8. The minimum absolute atomic E-state index is 0.284. The Balaban J connectivity index is 1.08. The van der Waals surface area contributed by atoms with Crippen molar-refractivity contribution in [1.29, 1.82) is 5.26 Å². The van der Waals surface area contributed by atoms with Gasteiger partial charge in [0.15, 0.2) is 5.58 Å². The van der Waals surface area contributed by atoms with Crippen molar-refractivity contribution in [3.8, 4) is 28.7 Å². The van der Waals surface area contributed by atoms with Crippen molar-refractivity contribution in [1.82, 2.24) is 15.2 Å². The Bertz CT molecular complexity index is 1750. The molecular weight excluding hydrogens is 508 g/mol. The molecule has 0 saturated carbocycles. The third kappa shape index (κ3) is 5.75. The molecule has 0 radical (unpaired) electrons. The van der Waals surface area contributed by atoms with E-state index in [1.54, 1.807) is 0 Å². The van der Waals surface area contributed by atoms with Crippen LogP contribution in [0.15, 0.2) is 111 Å². The standard InChI is InChI=1S/C31H22N4O3S/c32-17-25-8-4-5-9-26(25)23-12-10-22(11-13-23)20-39-31-35-34-30(38-31)24-14-15-27-28(16-24)37-29(33-27)19-36-18-21-6-2-1-3-7-21/h1-16H,18-20H2.